The number of hydrogen-bond donors (Lipinski definition) is 1. The molecule has 1 aromatic rings. The number of hydrogen-bond acceptors (Lipinski definition) is 4. The zero-order chi connectivity index (χ0) is 17.0. The van der Waals surface area contributed by atoms with Crippen LogP contribution in [0.1, 0.15) is 32.4 Å². The molecule has 1 saturated heterocycles. The molecule has 1 heterocycles. The quantitative estimate of drug-likeness (QED) is 0.837. The van der Waals surface area contributed by atoms with Crippen LogP contribution in [0.15, 0.2) is 24.3 Å². The number of carbonyl (C=O) groups excluding carboxylic acids is 1. The SMILES string of the molecule is COc1cccc(C(C)N2CCN(C(=O)[C@@H](N)C(C)C)CC2)c1.Cl.Cl. The van der Waals surface area contributed by atoms with E-state index in [0.29, 0.717) is 6.04 Å². The monoisotopic (exact) mass is 391 g/mol. The Kier molecular flexibility index (Phi) is 10.4. The third kappa shape index (κ3) is 6.03. The smallest absolute Gasteiger partial charge is 0.239 e. The van der Waals surface area contributed by atoms with Crippen molar-refractivity contribution < 1.29 is 9.53 Å². The van der Waals surface area contributed by atoms with Crippen LogP contribution >= 0.6 is 24.8 Å². The topological polar surface area (TPSA) is 58.8 Å². The van der Waals surface area contributed by atoms with Gasteiger partial charge in [-0.25, -0.2) is 0 Å². The summed E-state index contributed by atoms with van der Waals surface area (Å²) in [4.78, 5) is 16.6. The van der Waals surface area contributed by atoms with Crippen LogP contribution in [-0.4, -0.2) is 55.0 Å². The van der Waals surface area contributed by atoms with Crippen molar-refractivity contribution in [3.8, 4) is 5.75 Å². The summed E-state index contributed by atoms with van der Waals surface area (Å²) in [5, 5.41) is 0. The van der Waals surface area contributed by atoms with Gasteiger partial charge in [-0.05, 0) is 30.5 Å². The maximum absolute atomic E-state index is 12.3. The molecule has 1 unspecified atom stereocenters. The molecule has 1 aliphatic rings. The highest BCUT2D eigenvalue weighted by Crippen LogP contribution is 2.25. The summed E-state index contributed by atoms with van der Waals surface area (Å²) in [7, 11) is 1.69. The molecule has 0 aromatic heterocycles. The van der Waals surface area contributed by atoms with E-state index in [1.165, 1.54) is 5.56 Å². The summed E-state index contributed by atoms with van der Waals surface area (Å²) < 4.78 is 5.30. The second-order valence-electron chi connectivity index (χ2n) is 6.58. The third-order valence-electron chi connectivity index (χ3n) is 4.75. The molecule has 0 radical (unpaired) electrons. The first-order chi connectivity index (χ1) is 10.9. The Morgan fingerprint density at radius 3 is 2.24 bits per heavy atom. The van der Waals surface area contributed by atoms with Crippen LogP contribution in [0.25, 0.3) is 0 Å². The highest BCUT2D eigenvalue weighted by Gasteiger charge is 2.28. The number of nitrogens with two attached hydrogens (primary N) is 1. The summed E-state index contributed by atoms with van der Waals surface area (Å²) >= 11 is 0. The number of halogens is 2. The predicted molar refractivity (Wildman–Crippen MR) is 107 cm³/mol. The molecule has 0 spiro atoms. The molecule has 0 saturated carbocycles. The molecule has 1 fully saturated rings. The molecule has 2 atom stereocenters. The normalized spacial score (nSPS) is 17.3. The van der Waals surface area contributed by atoms with Crippen molar-refractivity contribution in [2.75, 3.05) is 33.3 Å². The molecule has 2 N–H and O–H groups in total. The van der Waals surface area contributed by atoms with E-state index in [1.54, 1.807) is 7.11 Å². The zero-order valence-electron chi connectivity index (χ0n) is 15.5. The van der Waals surface area contributed by atoms with Gasteiger partial charge in [0.1, 0.15) is 5.75 Å². The molecule has 1 amide bonds. The summed E-state index contributed by atoms with van der Waals surface area (Å²) in [6, 6.07) is 8.10. The maximum atomic E-state index is 12.3. The van der Waals surface area contributed by atoms with Gasteiger partial charge in [0.2, 0.25) is 5.91 Å². The van der Waals surface area contributed by atoms with E-state index in [1.807, 2.05) is 30.9 Å². The van der Waals surface area contributed by atoms with Gasteiger partial charge >= 0.3 is 0 Å². The van der Waals surface area contributed by atoms with E-state index in [9.17, 15) is 4.79 Å². The van der Waals surface area contributed by atoms with E-state index < -0.39 is 6.04 Å². The van der Waals surface area contributed by atoms with Crippen molar-refractivity contribution >= 4 is 30.7 Å². The first kappa shape index (κ1) is 24.0. The lowest BCUT2D eigenvalue weighted by Crippen LogP contribution is -2.54. The molecule has 7 heteroatoms. The second kappa shape index (κ2) is 10.9. The number of rotatable bonds is 5. The summed E-state index contributed by atoms with van der Waals surface area (Å²) in [6.07, 6.45) is 0. The van der Waals surface area contributed by atoms with Gasteiger partial charge in [-0.1, -0.05) is 26.0 Å². The number of methoxy groups -OCH3 is 1. The van der Waals surface area contributed by atoms with E-state index in [-0.39, 0.29) is 36.6 Å². The van der Waals surface area contributed by atoms with Crippen LogP contribution in [0, 0.1) is 5.92 Å². The van der Waals surface area contributed by atoms with Gasteiger partial charge in [0.05, 0.1) is 13.2 Å². The van der Waals surface area contributed by atoms with E-state index in [2.05, 4.69) is 24.0 Å². The number of carbonyl (C=O) groups is 1. The van der Waals surface area contributed by atoms with E-state index in [4.69, 9.17) is 10.5 Å². The van der Waals surface area contributed by atoms with Gasteiger partial charge in [0.25, 0.3) is 0 Å². The fourth-order valence-corrected chi connectivity index (χ4v) is 2.94. The molecule has 1 aromatic carbocycles. The van der Waals surface area contributed by atoms with Crippen LogP contribution in [0.3, 0.4) is 0 Å². The molecule has 0 bridgehead atoms. The van der Waals surface area contributed by atoms with E-state index >= 15 is 0 Å². The van der Waals surface area contributed by atoms with E-state index in [0.717, 1.165) is 31.9 Å². The molecule has 0 aliphatic carbocycles. The van der Waals surface area contributed by atoms with Crippen molar-refractivity contribution in [2.24, 2.45) is 11.7 Å². The summed E-state index contributed by atoms with van der Waals surface area (Å²) in [5.74, 6) is 1.14. The summed E-state index contributed by atoms with van der Waals surface area (Å²) in [6.45, 7) is 9.41. The summed E-state index contributed by atoms with van der Waals surface area (Å²) in [5.41, 5.74) is 7.23. The van der Waals surface area contributed by atoms with Crippen LogP contribution in [0.4, 0.5) is 0 Å². The molecule has 5 nitrogen and oxygen atoms in total. The number of benzene rings is 1. The predicted octanol–water partition coefficient (Wildman–Crippen LogP) is 2.73. The van der Waals surface area contributed by atoms with Crippen LogP contribution in [0.2, 0.25) is 0 Å². The van der Waals surface area contributed by atoms with Gasteiger partial charge in [-0.3, -0.25) is 9.69 Å². The lowest BCUT2D eigenvalue weighted by atomic mass is 10.0. The average Bonchev–Trinajstić information content (AvgIpc) is 2.59. The van der Waals surface area contributed by atoms with Crippen LogP contribution < -0.4 is 10.5 Å². The van der Waals surface area contributed by atoms with Gasteiger partial charge < -0.3 is 15.4 Å². The molecular formula is C18H31Cl2N3O2. The maximum Gasteiger partial charge on any atom is 0.239 e. The van der Waals surface area contributed by atoms with Gasteiger partial charge in [-0.15, -0.1) is 24.8 Å². The second-order valence-corrected chi connectivity index (χ2v) is 6.58. The van der Waals surface area contributed by atoms with Gasteiger partial charge in [0, 0.05) is 32.2 Å². The third-order valence-corrected chi connectivity index (χ3v) is 4.75. The Morgan fingerprint density at radius 2 is 1.72 bits per heavy atom. The lowest BCUT2D eigenvalue weighted by molar-refractivity contribution is -0.135. The van der Waals surface area contributed by atoms with Gasteiger partial charge in [0.15, 0.2) is 0 Å². The Morgan fingerprint density at radius 1 is 1.12 bits per heavy atom. The molecule has 2 rings (SSSR count). The Labute approximate surface area is 163 Å². The zero-order valence-corrected chi connectivity index (χ0v) is 17.1. The van der Waals surface area contributed by atoms with Crippen molar-refractivity contribution in [1.29, 1.82) is 0 Å². The van der Waals surface area contributed by atoms with Crippen molar-refractivity contribution in [3.63, 3.8) is 0 Å². The largest absolute Gasteiger partial charge is 0.497 e. The molecular weight excluding hydrogens is 361 g/mol. The Bertz CT molecular complexity index is 535. The fourth-order valence-electron chi connectivity index (χ4n) is 2.94. The lowest BCUT2D eigenvalue weighted by Gasteiger charge is -2.39. The van der Waals surface area contributed by atoms with Crippen LogP contribution in [0.5, 0.6) is 5.75 Å². The first-order valence-electron chi connectivity index (χ1n) is 8.36. The number of amides is 1. The minimum atomic E-state index is -0.391. The first-order valence-corrected chi connectivity index (χ1v) is 8.36. The van der Waals surface area contributed by atoms with Crippen molar-refractivity contribution in [1.82, 2.24) is 9.80 Å². The van der Waals surface area contributed by atoms with Crippen molar-refractivity contribution in [3.05, 3.63) is 29.8 Å². The minimum Gasteiger partial charge on any atom is -0.497 e. The Hall–Kier alpha value is -1.01. The highest BCUT2D eigenvalue weighted by atomic mass is 35.5. The van der Waals surface area contributed by atoms with Gasteiger partial charge in [-0.2, -0.15) is 0 Å². The number of ether oxygens (including phenoxy) is 1. The van der Waals surface area contributed by atoms with Crippen molar-refractivity contribution in [2.45, 2.75) is 32.9 Å². The molecule has 144 valence electrons. The standard InChI is InChI=1S/C18H29N3O2.2ClH/c1-13(2)17(19)18(22)21-10-8-20(9-11-21)14(3)15-6-5-7-16(12-15)23-4;;/h5-7,12-14,17H,8-11,19H2,1-4H3;2*1H/t14?,17-;;/m0../s1. The minimum absolute atomic E-state index is 0. The highest BCUT2D eigenvalue weighted by molar-refractivity contribution is 5.85. The average molecular weight is 392 g/mol. The molecule has 25 heavy (non-hydrogen) atoms. The van der Waals surface area contributed by atoms with Crippen LogP contribution in [-0.2, 0) is 4.79 Å². The Balaban J connectivity index is 0.00000288. The fraction of sp³-hybridized carbons (Fsp3) is 0.611. The molecule has 1 aliphatic heterocycles. The number of piperazine rings is 1. The number of nitrogens with zero attached hydrogens (tertiary/aromatic N) is 2.